The lowest BCUT2D eigenvalue weighted by Gasteiger charge is -2.13. The van der Waals surface area contributed by atoms with Gasteiger partial charge in [-0.2, -0.15) is 0 Å². The summed E-state index contributed by atoms with van der Waals surface area (Å²) in [6, 6.07) is 14.3. The first-order chi connectivity index (χ1) is 11.2. The Morgan fingerprint density at radius 1 is 0.870 bits per heavy atom. The van der Waals surface area contributed by atoms with Crippen molar-refractivity contribution < 1.29 is 9.47 Å². The zero-order valence-corrected chi connectivity index (χ0v) is 14.4. The number of hydrogen-bond donors (Lipinski definition) is 1. The zero-order valence-electron chi connectivity index (χ0n) is 14.4. The van der Waals surface area contributed by atoms with Crippen LogP contribution in [0.4, 0.5) is 5.69 Å². The second kappa shape index (κ2) is 9.09. The van der Waals surface area contributed by atoms with Crippen LogP contribution in [0.1, 0.15) is 30.9 Å². The maximum atomic E-state index is 5.89. The van der Waals surface area contributed by atoms with Gasteiger partial charge in [-0.05, 0) is 55.7 Å². The van der Waals surface area contributed by atoms with Crippen molar-refractivity contribution in [3.63, 3.8) is 0 Å². The zero-order chi connectivity index (χ0) is 16.5. The summed E-state index contributed by atoms with van der Waals surface area (Å²) in [7, 11) is 0. The Hall–Kier alpha value is -2.16. The molecule has 0 fully saturated rings. The van der Waals surface area contributed by atoms with E-state index in [0.29, 0.717) is 6.61 Å². The summed E-state index contributed by atoms with van der Waals surface area (Å²) in [5.41, 5.74) is 3.44. The monoisotopic (exact) mass is 313 g/mol. The van der Waals surface area contributed by atoms with Crippen molar-refractivity contribution in [1.82, 2.24) is 0 Å². The number of ether oxygens (including phenoxy) is 2. The lowest BCUT2D eigenvalue weighted by atomic mass is 10.1. The number of nitrogens with one attached hydrogen (secondary N) is 1. The predicted molar refractivity (Wildman–Crippen MR) is 96.7 cm³/mol. The Labute approximate surface area is 139 Å². The third kappa shape index (κ3) is 5.51. The van der Waals surface area contributed by atoms with Crippen LogP contribution in [0.25, 0.3) is 0 Å². The van der Waals surface area contributed by atoms with E-state index in [2.05, 4.69) is 44.3 Å². The number of unbranched alkanes of at least 4 members (excludes halogenated alkanes) is 1. The van der Waals surface area contributed by atoms with Crippen LogP contribution in [0.15, 0.2) is 42.5 Å². The molecule has 2 aromatic rings. The molecule has 0 unspecified atom stereocenters. The quantitative estimate of drug-likeness (QED) is 0.663. The molecule has 0 aliphatic heterocycles. The molecule has 0 amide bonds. The summed E-state index contributed by atoms with van der Waals surface area (Å²) in [6.07, 6.45) is 2.25. The molecule has 0 heterocycles. The van der Waals surface area contributed by atoms with E-state index >= 15 is 0 Å². The normalized spacial score (nSPS) is 10.4. The smallest absolute Gasteiger partial charge is 0.125 e. The molecule has 3 nitrogen and oxygen atoms in total. The predicted octanol–water partition coefficient (Wildman–Crippen LogP) is 4.97. The van der Waals surface area contributed by atoms with Crippen LogP contribution >= 0.6 is 0 Å². The Morgan fingerprint density at radius 2 is 1.57 bits per heavy atom. The molecule has 3 heteroatoms. The first-order valence-electron chi connectivity index (χ1n) is 8.36. The van der Waals surface area contributed by atoms with Crippen molar-refractivity contribution in [2.75, 3.05) is 25.1 Å². The molecule has 23 heavy (non-hydrogen) atoms. The largest absolute Gasteiger partial charge is 0.494 e. The van der Waals surface area contributed by atoms with Gasteiger partial charge in [0.05, 0.1) is 6.61 Å². The summed E-state index contributed by atoms with van der Waals surface area (Å²) in [6.45, 7) is 8.51. The van der Waals surface area contributed by atoms with Crippen molar-refractivity contribution in [3.05, 3.63) is 53.6 Å². The van der Waals surface area contributed by atoms with Crippen molar-refractivity contribution in [2.24, 2.45) is 0 Å². The molecular formula is C20H27NO2. The second-order valence-electron chi connectivity index (χ2n) is 5.72. The fourth-order valence-corrected chi connectivity index (χ4v) is 2.38. The van der Waals surface area contributed by atoms with Crippen LogP contribution in [0, 0.1) is 13.8 Å². The average molecular weight is 313 g/mol. The van der Waals surface area contributed by atoms with Crippen molar-refractivity contribution in [2.45, 2.75) is 33.6 Å². The maximum Gasteiger partial charge on any atom is 0.125 e. The SMILES string of the molecule is CCCCOc1ccc(NCCOc2c(C)cccc2C)cc1. The van der Waals surface area contributed by atoms with Crippen molar-refractivity contribution in [3.8, 4) is 11.5 Å². The van der Waals surface area contributed by atoms with E-state index in [1.165, 1.54) is 11.1 Å². The summed E-state index contributed by atoms with van der Waals surface area (Å²) < 4.78 is 11.6. The van der Waals surface area contributed by atoms with Crippen LogP contribution in [-0.4, -0.2) is 19.8 Å². The molecular weight excluding hydrogens is 286 g/mol. The summed E-state index contributed by atoms with van der Waals surface area (Å²) in [5, 5.41) is 3.37. The summed E-state index contributed by atoms with van der Waals surface area (Å²) in [4.78, 5) is 0. The Balaban J connectivity index is 1.74. The Kier molecular flexibility index (Phi) is 6.79. The minimum atomic E-state index is 0.639. The number of rotatable bonds is 9. The van der Waals surface area contributed by atoms with Gasteiger partial charge in [0, 0.05) is 12.2 Å². The van der Waals surface area contributed by atoms with Gasteiger partial charge in [0.25, 0.3) is 0 Å². The van der Waals surface area contributed by atoms with Gasteiger partial charge in [0.15, 0.2) is 0 Å². The minimum absolute atomic E-state index is 0.639. The van der Waals surface area contributed by atoms with E-state index in [1.807, 2.05) is 24.3 Å². The van der Waals surface area contributed by atoms with Gasteiger partial charge >= 0.3 is 0 Å². The second-order valence-corrected chi connectivity index (χ2v) is 5.72. The molecule has 0 spiro atoms. The lowest BCUT2D eigenvalue weighted by Crippen LogP contribution is -2.12. The van der Waals surface area contributed by atoms with E-state index < -0.39 is 0 Å². The Morgan fingerprint density at radius 3 is 2.22 bits per heavy atom. The van der Waals surface area contributed by atoms with Gasteiger partial charge in [0.1, 0.15) is 18.1 Å². The highest BCUT2D eigenvalue weighted by Crippen LogP contribution is 2.22. The molecule has 124 valence electrons. The van der Waals surface area contributed by atoms with Gasteiger partial charge < -0.3 is 14.8 Å². The third-order valence-electron chi connectivity index (χ3n) is 3.71. The van der Waals surface area contributed by atoms with Crippen LogP contribution in [0.2, 0.25) is 0 Å². The summed E-state index contributed by atoms with van der Waals surface area (Å²) >= 11 is 0. The van der Waals surface area contributed by atoms with Gasteiger partial charge in [-0.25, -0.2) is 0 Å². The number of hydrogen-bond acceptors (Lipinski definition) is 3. The molecule has 0 saturated heterocycles. The topological polar surface area (TPSA) is 30.5 Å². The highest BCUT2D eigenvalue weighted by atomic mass is 16.5. The third-order valence-corrected chi connectivity index (χ3v) is 3.71. The molecule has 2 aromatic carbocycles. The first kappa shape index (κ1) is 17.2. The van der Waals surface area contributed by atoms with E-state index in [1.54, 1.807) is 0 Å². The lowest BCUT2D eigenvalue weighted by molar-refractivity contribution is 0.309. The van der Waals surface area contributed by atoms with Crippen LogP contribution in [0.3, 0.4) is 0 Å². The minimum Gasteiger partial charge on any atom is -0.494 e. The van der Waals surface area contributed by atoms with E-state index in [0.717, 1.165) is 43.2 Å². The molecule has 0 aliphatic rings. The highest BCUT2D eigenvalue weighted by molar-refractivity contribution is 5.46. The number of para-hydroxylation sites is 1. The molecule has 0 radical (unpaired) electrons. The average Bonchev–Trinajstić information content (AvgIpc) is 2.55. The summed E-state index contributed by atoms with van der Waals surface area (Å²) in [5.74, 6) is 1.92. The standard InChI is InChI=1S/C20H27NO2/c1-4-5-14-22-19-11-9-18(10-12-19)21-13-15-23-20-16(2)7-6-8-17(20)3/h6-12,21H,4-5,13-15H2,1-3H3. The number of benzene rings is 2. The molecule has 0 aliphatic carbocycles. The van der Waals surface area contributed by atoms with E-state index in [9.17, 15) is 0 Å². The highest BCUT2D eigenvalue weighted by Gasteiger charge is 2.02. The first-order valence-corrected chi connectivity index (χ1v) is 8.36. The number of anilines is 1. The molecule has 0 aromatic heterocycles. The number of aryl methyl sites for hydroxylation is 2. The van der Waals surface area contributed by atoms with Gasteiger partial charge in [-0.3, -0.25) is 0 Å². The van der Waals surface area contributed by atoms with Gasteiger partial charge in [-0.1, -0.05) is 31.5 Å². The molecule has 0 atom stereocenters. The maximum absolute atomic E-state index is 5.89. The van der Waals surface area contributed by atoms with Crippen molar-refractivity contribution >= 4 is 5.69 Å². The van der Waals surface area contributed by atoms with E-state index in [-0.39, 0.29) is 0 Å². The molecule has 0 saturated carbocycles. The van der Waals surface area contributed by atoms with Crippen LogP contribution in [-0.2, 0) is 0 Å². The molecule has 2 rings (SSSR count). The van der Waals surface area contributed by atoms with E-state index in [4.69, 9.17) is 9.47 Å². The van der Waals surface area contributed by atoms with Crippen molar-refractivity contribution in [1.29, 1.82) is 0 Å². The fraction of sp³-hybridized carbons (Fsp3) is 0.400. The van der Waals surface area contributed by atoms with Gasteiger partial charge in [-0.15, -0.1) is 0 Å². The van der Waals surface area contributed by atoms with Crippen LogP contribution < -0.4 is 14.8 Å². The fourth-order valence-electron chi connectivity index (χ4n) is 2.38. The van der Waals surface area contributed by atoms with Gasteiger partial charge in [0.2, 0.25) is 0 Å². The molecule has 0 bridgehead atoms. The van der Waals surface area contributed by atoms with Crippen LogP contribution in [0.5, 0.6) is 11.5 Å². The Bertz CT molecular complexity index is 573. The molecule has 1 N–H and O–H groups in total.